The third kappa shape index (κ3) is 9.25. The zero-order valence-corrected chi connectivity index (χ0v) is 13.3. The van der Waals surface area contributed by atoms with Crippen molar-refractivity contribution in [1.29, 1.82) is 0 Å². The van der Waals surface area contributed by atoms with Gasteiger partial charge in [-0.15, -0.1) is 0 Å². The van der Waals surface area contributed by atoms with E-state index >= 15 is 0 Å². The predicted molar refractivity (Wildman–Crippen MR) is 81.3 cm³/mol. The number of amides is 2. The Morgan fingerprint density at radius 1 is 1.14 bits per heavy atom. The van der Waals surface area contributed by atoms with E-state index in [2.05, 4.69) is 29.4 Å². The molecule has 2 unspecified atom stereocenters. The fourth-order valence-corrected chi connectivity index (χ4v) is 2.04. The smallest absolute Gasteiger partial charge is 0.326 e. The fourth-order valence-electron chi connectivity index (χ4n) is 2.04. The van der Waals surface area contributed by atoms with Gasteiger partial charge in [-0.1, -0.05) is 13.8 Å². The fraction of sp³-hybridized carbons (Fsp3) is 0.857. The molecule has 0 rings (SSSR count). The van der Waals surface area contributed by atoms with Gasteiger partial charge in [0.2, 0.25) is 0 Å². The standard InChI is InChI=1S/C14H29N3O4/c1-4-17(5-2)9-6-7-11(3)15-14(21)16-12(8-10-18)13(19)20/h11-12,18H,4-10H2,1-3H3,(H,19,20)(H2,15,16,21). The number of nitrogens with zero attached hydrogens (tertiary/aromatic N) is 1. The number of rotatable bonds is 11. The molecule has 0 aliphatic carbocycles. The van der Waals surface area contributed by atoms with Gasteiger partial charge in [0.25, 0.3) is 0 Å². The van der Waals surface area contributed by atoms with Crippen molar-refractivity contribution in [2.24, 2.45) is 0 Å². The van der Waals surface area contributed by atoms with Crippen LogP contribution < -0.4 is 10.6 Å². The first-order valence-corrected chi connectivity index (χ1v) is 7.57. The van der Waals surface area contributed by atoms with Crippen molar-refractivity contribution in [3.63, 3.8) is 0 Å². The van der Waals surface area contributed by atoms with Gasteiger partial charge >= 0.3 is 12.0 Å². The molecule has 0 radical (unpaired) electrons. The predicted octanol–water partition coefficient (Wildman–Crippen LogP) is 0.632. The Labute approximate surface area is 126 Å². The number of hydrogen-bond acceptors (Lipinski definition) is 4. The van der Waals surface area contributed by atoms with Crippen LogP contribution in [0.1, 0.15) is 40.0 Å². The molecule has 0 aromatic rings. The van der Waals surface area contributed by atoms with Crippen LogP contribution in [0.3, 0.4) is 0 Å². The summed E-state index contributed by atoms with van der Waals surface area (Å²) in [6.45, 7) is 8.86. The Balaban J connectivity index is 4.00. The van der Waals surface area contributed by atoms with Crippen LogP contribution in [0.25, 0.3) is 0 Å². The molecule has 4 N–H and O–H groups in total. The monoisotopic (exact) mass is 303 g/mol. The molecule has 7 nitrogen and oxygen atoms in total. The second-order valence-electron chi connectivity index (χ2n) is 5.09. The minimum atomic E-state index is -1.15. The second kappa shape index (κ2) is 11.3. The van der Waals surface area contributed by atoms with Gasteiger partial charge in [0.05, 0.1) is 0 Å². The lowest BCUT2D eigenvalue weighted by Gasteiger charge is -2.20. The Kier molecular flexibility index (Phi) is 10.6. The largest absolute Gasteiger partial charge is 0.480 e. The number of nitrogens with one attached hydrogen (secondary N) is 2. The average Bonchev–Trinajstić information content (AvgIpc) is 2.43. The van der Waals surface area contributed by atoms with Gasteiger partial charge in [-0.25, -0.2) is 9.59 Å². The molecular formula is C14H29N3O4. The normalized spacial score (nSPS) is 13.8. The van der Waals surface area contributed by atoms with Gasteiger partial charge in [-0.2, -0.15) is 0 Å². The van der Waals surface area contributed by atoms with E-state index in [-0.39, 0.29) is 19.1 Å². The van der Waals surface area contributed by atoms with Crippen LogP contribution in [0.2, 0.25) is 0 Å². The number of aliphatic hydroxyl groups excluding tert-OH is 1. The van der Waals surface area contributed by atoms with Crippen molar-refractivity contribution in [2.75, 3.05) is 26.2 Å². The van der Waals surface area contributed by atoms with E-state index in [9.17, 15) is 9.59 Å². The topological polar surface area (TPSA) is 102 Å². The Bertz CT molecular complexity index is 309. The number of carbonyl (C=O) groups excluding carboxylic acids is 1. The van der Waals surface area contributed by atoms with Crippen molar-refractivity contribution < 1.29 is 19.8 Å². The summed E-state index contributed by atoms with van der Waals surface area (Å²) < 4.78 is 0. The molecule has 7 heteroatoms. The quantitative estimate of drug-likeness (QED) is 0.448. The second-order valence-corrected chi connectivity index (χ2v) is 5.09. The van der Waals surface area contributed by atoms with Crippen LogP contribution in [0.5, 0.6) is 0 Å². The van der Waals surface area contributed by atoms with Crippen molar-refractivity contribution in [1.82, 2.24) is 15.5 Å². The van der Waals surface area contributed by atoms with Crippen molar-refractivity contribution in [3.8, 4) is 0 Å². The summed E-state index contributed by atoms with van der Waals surface area (Å²) in [4.78, 5) is 24.9. The van der Waals surface area contributed by atoms with Gasteiger partial charge < -0.3 is 25.7 Å². The highest BCUT2D eigenvalue weighted by atomic mass is 16.4. The number of carboxylic acids is 1. The van der Waals surface area contributed by atoms with Crippen LogP contribution in [-0.4, -0.2) is 65.4 Å². The van der Waals surface area contributed by atoms with Crippen molar-refractivity contribution >= 4 is 12.0 Å². The summed E-state index contributed by atoms with van der Waals surface area (Å²) in [6.07, 6.45) is 1.81. The third-order valence-corrected chi connectivity index (χ3v) is 3.40. The van der Waals surface area contributed by atoms with Crippen LogP contribution >= 0.6 is 0 Å². The molecule has 2 amide bonds. The van der Waals surface area contributed by atoms with Crippen LogP contribution in [0.4, 0.5) is 4.79 Å². The van der Waals surface area contributed by atoms with Crippen LogP contribution in [0, 0.1) is 0 Å². The molecule has 0 heterocycles. The first kappa shape index (κ1) is 19.7. The van der Waals surface area contributed by atoms with E-state index in [1.54, 1.807) is 0 Å². The Hall–Kier alpha value is -1.34. The zero-order valence-electron chi connectivity index (χ0n) is 13.3. The molecular weight excluding hydrogens is 274 g/mol. The van der Waals surface area contributed by atoms with E-state index in [0.717, 1.165) is 32.5 Å². The van der Waals surface area contributed by atoms with E-state index in [0.29, 0.717) is 0 Å². The van der Waals surface area contributed by atoms with E-state index in [4.69, 9.17) is 10.2 Å². The molecule has 2 atom stereocenters. The van der Waals surface area contributed by atoms with Gasteiger partial charge in [0, 0.05) is 19.1 Å². The summed E-state index contributed by atoms with van der Waals surface area (Å²) in [5, 5.41) is 22.7. The van der Waals surface area contributed by atoms with Gasteiger partial charge in [0.15, 0.2) is 0 Å². The molecule has 0 aliphatic rings. The lowest BCUT2D eigenvalue weighted by molar-refractivity contribution is -0.139. The summed E-state index contributed by atoms with van der Waals surface area (Å²) in [5.74, 6) is -1.15. The highest BCUT2D eigenvalue weighted by Crippen LogP contribution is 2.00. The van der Waals surface area contributed by atoms with Gasteiger partial charge in [-0.3, -0.25) is 0 Å². The van der Waals surface area contributed by atoms with Crippen LogP contribution in [0.15, 0.2) is 0 Å². The highest BCUT2D eigenvalue weighted by molar-refractivity contribution is 5.82. The molecule has 0 saturated carbocycles. The minimum Gasteiger partial charge on any atom is -0.480 e. The van der Waals surface area contributed by atoms with E-state index in [1.807, 2.05) is 6.92 Å². The van der Waals surface area contributed by atoms with Gasteiger partial charge in [0.1, 0.15) is 6.04 Å². The lowest BCUT2D eigenvalue weighted by Crippen LogP contribution is -2.48. The number of aliphatic carboxylic acids is 1. The molecule has 124 valence electrons. The maximum Gasteiger partial charge on any atom is 0.326 e. The number of aliphatic hydroxyl groups is 1. The molecule has 0 spiro atoms. The van der Waals surface area contributed by atoms with Crippen molar-refractivity contribution in [3.05, 3.63) is 0 Å². The number of urea groups is 1. The Morgan fingerprint density at radius 2 is 1.76 bits per heavy atom. The maximum atomic E-state index is 11.7. The minimum absolute atomic E-state index is 0.000899. The first-order chi connectivity index (χ1) is 9.94. The molecule has 0 aromatic carbocycles. The summed E-state index contributed by atoms with van der Waals surface area (Å²) in [6, 6.07) is -1.59. The molecule has 0 fully saturated rings. The zero-order chi connectivity index (χ0) is 16.3. The SMILES string of the molecule is CCN(CC)CCCC(C)NC(=O)NC(CCO)C(=O)O. The molecule has 21 heavy (non-hydrogen) atoms. The number of hydrogen-bond donors (Lipinski definition) is 4. The molecule has 0 bridgehead atoms. The van der Waals surface area contributed by atoms with E-state index in [1.165, 1.54) is 0 Å². The lowest BCUT2D eigenvalue weighted by atomic mass is 10.1. The number of carbonyl (C=O) groups is 2. The summed E-state index contributed by atoms with van der Waals surface area (Å²) in [5.41, 5.74) is 0. The third-order valence-electron chi connectivity index (χ3n) is 3.40. The molecule has 0 saturated heterocycles. The van der Waals surface area contributed by atoms with Crippen molar-refractivity contribution in [2.45, 2.75) is 52.1 Å². The number of carboxylic acid groups (broad SMARTS) is 1. The van der Waals surface area contributed by atoms with E-state index < -0.39 is 18.0 Å². The average molecular weight is 303 g/mol. The molecule has 0 aromatic heterocycles. The molecule has 0 aliphatic heterocycles. The van der Waals surface area contributed by atoms with Gasteiger partial charge in [-0.05, 0) is 39.4 Å². The maximum absolute atomic E-state index is 11.7. The summed E-state index contributed by atoms with van der Waals surface area (Å²) >= 11 is 0. The summed E-state index contributed by atoms with van der Waals surface area (Å²) in [7, 11) is 0. The van der Waals surface area contributed by atoms with Crippen LogP contribution in [-0.2, 0) is 4.79 Å². The Morgan fingerprint density at radius 3 is 2.24 bits per heavy atom. The first-order valence-electron chi connectivity index (χ1n) is 7.57. The highest BCUT2D eigenvalue weighted by Gasteiger charge is 2.19.